The van der Waals surface area contributed by atoms with Gasteiger partial charge in [-0.15, -0.1) is 10.2 Å². The third-order valence-corrected chi connectivity index (χ3v) is 5.10. The zero-order valence-electron chi connectivity index (χ0n) is 14.3. The fourth-order valence-electron chi connectivity index (χ4n) is 2.33. The lowest BCUT2D eigenvalue weighted by molar-refractivity contribution is -0.137. The maximum Gasteiger partial charge on any atom is 0.417 e. The van der Waals surface area contributed by atoms with E-state index >= 15 is 0 Å². The van der Waals surface area contributed by atoms with Gasteiger partial charge >= 0.3 is 6.18 Å². The molecule has 1 N–H and O–H groups in total. The number of hydrogen-bond acceptors (Lipinski definition) is 4. The van der Waals surface area contributed by atoms with Crippen molar-refractivity contribution in [3.63, 3.8) is 0 Å². The molecule has 10 heteroatoms. The number of benzene rings is 1. The molecule has 0 spiro atoms. The molecule has 0 aliphatic carbocycles. The molecule has 2 heterocycles. The minimum Gasteiger partial charge on any atom is -0.325 e. The summed E-state index contributed by atoms with van der Waals surface area (Å²) in [6.45, 7) is 3.90. The van der Waals surface area contributed by atoms with Crippen LogP contribution in [-0.4, -0.2) is 26.3 Å². The van der Waals surface area contributed by atoms with E-state index in [4.69, 9.17) is 11.6 Å². The maximum absolute atomic E-state index is 13.0. The predicted molar refractivity (Wildman–Crippen MR) is 98.3 cm³/mol. The Morgan fingerprint density at radius 1 is 1.22 bits per heavy atom. The molecule has 1 aromatic carbocycles. The number of nitrogens with one attached hydrogen (secondary N) is 1. The lowest BCUT2D eigenvalue weighted by atomic mass is 10.1. The van der Waals surface area contributed by atoms with Crippen LogP contribution < -0.4 is 5.32 Å². The average molecular weight is 415 g/mol. The van der Waals surface area contributed by atoms with E-state index in [2.05, 4.69) is 15.5 Å². The number of anilines is 1. The van der Waals surface area contributed by atoms with Gasteiger partial charge in [0.1, 0.15) is 0 Å². The lowest BCUT2D eigenvalue weighted by Gasteiger charge is -2.09. The fraction of sp³-hybridized carbons (Fsp3) is 0.235. The van der Waals surface area contributed by atoms with Crippen molar-refractivity contribution in [1.29, 1.82) is 0 Å². The van der Waals surface area contributed by atoms with Gasteiger partial charge in [0.25, 0.3) is 0 Å². The second kappa shape index (κ2) is 7.40. The van der Waals surface area contributed by atoms with E-state index in [9.17, 15) is 18.0 Å². The number of alkyl halides is 3. The number of nitrogens with zero attached hydrogens (tertiary/aromatic N) is 3. The minimum absolute atomic E-state index is 0.0401. The van der Waals surface area contributed by atoms with Gasteiger partial charge in [-0.1, -0.05) is 29.4 Å². The molecule has 5 nitrogen and oxygen atoms in total. The highest BCUT2D eigenvalue weighted by Crippen LogP contribution is 2.33. The van der Waals surface area contributed by atoms with Crippen LogP contribution in [0.5, 0.6) is 0 Å². The standard InChI is InChI=1S/C17H14ClF3N4OS/c1-9-3-4-12(5-10(9)2)22-14(26)8-27-16-24-23-15-13(18)6-11(7-25(15)16)17(19,20)21/h3-7H,8H2,1-2H3,(H,22,26). The Morgan fingerprint density at radius 2 is 1.96 bits per heavy atom. The molecule has 0 saturated heterocycles. The zero-order valence-corrected chi connectivity index (χ0v) is 15.8. The second-order valence-electron chi connectivity index (χ2n) is 5.89. The summed E-state index contributed by atoms with van der Waals surface area (Å²) in [6.07, 6.45) is -3.69. The smallest absolute Gasteiger partial charge is 0.325 e. The summed E-state index contributed by atoms with van der Waals surface area (Å²) < 4.78 is 40.0. The SMILES string of the molecule is Cc1ccc(NC(=O)CSc2nnc3c(Cl)cc(C(F)(F)F)cn23)cc1C. The monoisotopic (exact) mass is 414 g/mol. The minimum atomic E-state index is -4.55. The first-order valence-corrected chi connectivity index (χ1v) is 9.13. The molecule has 0 fully saturated rings. The number of thioether (sulfide) groups is 1. The zero-order chi connectivity index (χ0) is 19.8. The van der Waals surface area contributed by atoms with Crippen molar-refractivity contribution in [1.82, 2.24) is 14.6 Å². The molecule has 27 heavy (non-hydrogen) atoms. The van der Waals surface area contributed by atoms with Gasteiger partial charge in [0.2, 0.25) is 5.91 Å². The number of fused-ring (bicyclic) bond motifs is 1. The summed E-state index contributed by atoms with van der Waals surface area (Å²) in [6, 6.07) is 6.32. The molecule has 0 unspecified atom stereocenters. The molecule has 0 bridgehead atoms. The Hall–Kier alpha value is -2.26. The third kappa shape index (κ3) is 4.36. The van der Waals surface area contributed by atoms with E-state index in [1.165, 1.54) is 0 Å². The molecule has 0 atom stereocenters. The van der Waals surface area contributed by atoms with E-state index in [-0.39, 0.29) is 27.5 Å². The van der Waals surface area contributed by atoms with Gasteiger partial charge in [-0.05, 0) is 43.2 Å². The summed E-state index contributed by atoms with van der Waals surface area (Å²) in [7, 11) is 0. The van der Waals surface area contributed by atoms with Crippen LogP contribution >= 0.6 is 23.4 Å². The lowest BCUT2D eigenvalue weighted by Crippen LogP contribution is -2.14. The molecule has 3 aromatic rings. The van der Waals surface area contributed by atoms with Gasteiger partial charge in [-0.25, -0.2) is 0 Å². The number of hydrogen-bond donors (Lipinski definition) is 1. The first-order valence-electron chi connectivity index (χ1n) is 7.76. The van der Waals surface area contributed by atoms with E-state index < -0.39 is 11.7 Å². The fourth-order valence-corrected chi connectivity index (χ4v) is 3.29. The van der Waals surface area contributed by atoms with E-state index in [0.29, 0.717) is 5.69 Å². The van der Waals surface area contributed by atoms with Crippen LogP contribution in [0.1, 0.15) is 16.7 Å². The molecular formula is C17H14ClF3N4OS. The highest BCUT2D eigenvalue weighted by Gasteiger charge is 2.32. The first-order chi connectivity index (χ1) is 12.6. The summed E-state index contributed by atoms with van der Waals surface area (Å²) in [4.78, 5) is 12.1. The largest absolute Gasteiger partial charge is 0.417 e. The van der Waals surface area contributed by atoms with Crippen LogP contribution in [0.3, 0.4) is 0 Å². The quantitative estimate of drug-likeness (QED) is 0.626. The molecule has 142 valence electrons. The average Bonchev–Trinajstić information content (AvgIpc) is 2.99. The van der Waals surface area contributed by atoms with Crippen molar-refractivity contribution in [2.24, 2.45) is 0 Å². The predicted octanol–water partition coefficient (Wildman–Crippen LogP) is 4.75. The van der Waals surface area contributed by atoms with Crippen molar-refractivity contribution in [3.05, 3.63) is 52.2 Å². The van der Waals surface area contributed by atoms with Crippen LogP contribution in [0.2, 0.25) is 5.02 Å². The van der Waals surface area contributed by atoms with Crippen LogP contribution in [0.15, 0.2) is 35.6 Å². The Balaban J connectivity index is 1.75. The number of carbonyl (C=O) groups excluding carboxylic acids is 1. The normalized spacial score (nSPS) is 11.8. The summed E-state index contributed by atoms with van der Waals surface area (Å²) in [5.74, 6) is -0.347. The second-order valence-corrected chi connectivity index (χ2v) is 7.24. The molecule has 2 aromatic heterocycles. The van der Waals surface area contributed by atoms with Crippen LogP contribution in [0, 0.1) is 13.8 Å². The van der Waals surface area contributed by atoms with Crippen molar-refractivity contribution >= 4 is 40.6 Å². The molecule has 1 amide bonds. The number of amides is 1. The van der Waals surface area contributed by atoms with Crippen LogP contribution in [0.4, 0.5) is 18.9 Å². The topological polar surface area (TPSA) is 59.3 Å². The van der Waals surface area contributed by atoms with Crippen molar-refractivity contribution in [2.75, 3.05) is 11.1 Å². The van der Waals surface area contributed by atoms with Crippen molar-refractivity contribution in [2.45, 2.75) is 25.2 Å². The van der Waals surface area contributed by atoms with Gasteiger partial charge < -0.3 is 5.32 Å². The van der Waals surface area contributed by atoms with Gasteiger partial charge in [0.15, 0.2) is 10.8 Å². The van der Waals surface area contributed by atoms with E-state index in [1.807, 2.05) is 26.0 Å². The highest BCUT2D eigenvalue weighted by molar-refractivity contribution is 7.99. The number of aryl methyl sites for hydroxylation is 2. The third-order valence-electron chi connectivity index (χ3n) is 3.88. The molecule has 0 aliphatic rings. The number of aromatic nitrogens is 3. The van der Waals surface area contributed by atoms with E-state index in [1.54, 1.807) is 6.07 Å². The Labute approximate surface area is 161 Å². The highest BCUT2D eigenvalue weighted by atomic mass is 35.5. The van der Waals surface area contributed by atoms with E-state index in [0.717, 1.165) is 39.6 Å². The van der Waals surface area contributed by atoms with Crippen molar-refractivity contribution in [3.8, 4) is 0 Å². The Bertz CT molecular complexity index is 1020. The molecule has 0 aliphatic heterocycles. The number of halogens is 4. The van der Waals surface area contributed by atoms with Gasteiger partial charge in [0, 0.05) is 11.9 Å². The summed E-state index contributed by atoms with van der Waals surface area (Å²) in [5.41, 5.74) is 1.98. The number of pyridine rings is 1. The molecule has 0 saturated carbocycles. The molecular weight excluding hydrogens is 401 g/mol. The van der Waals surface area contributed by atoms with Gasteiger partial charge in [-0.3, -0.25) is 9.20 Å². The summed E-state index contributed by atoms with van der Waals surface area (Å²) in [5, 5.41) is 10.3. The van der Waals surface area contributed by atoms with Crippen molar-refractivity contribution < 1.29 is 18.0 Å². The number of carbonyl (C=O) groups is 1. The maximum atomic E-state index is 13.0. The Kier molecular flexibility index (Phi) is 5.34. The van der Waals surface area contributed by atoms with Gasteiger partial charge in [0.05, 0.1) is 16.3 Å². The molecule has 0 radical (unpaired) electrons. The van der Waals surface area contributed by atoms with Gasteiger partial charge in [-0.2, -0.15) is 13.2 Å². The summed E-state index contributed by atoms with van der Waals surface area (Å²) >= 11 is 6.84. The van der Waals surface area contributed by atoms with Crippen LogP contribution in [0.25, 0.3) is 5.65 Å². The number of rotatable bonds is 4. The Morgan fingerprint density at radius 3 is 2.63 bits per heavy atom. The molecule has 3 rings (SSSR count). The van der Waals surface area contributed by atoms with Crippen LogP contribution in [-0.2, 0) is 11.0 Å². The first kappa shape index (κ1) is 19.5.